The second-order valence-electron chi connectivity index (χ2n) is 5.59. The molecule has 116 valence electrons. The van der Waals surface area contributed by atoms with Gasteiger partial charge in [0.25, 0.3) is 5.78 Å². The van der Waals surface area contributed by atoms with Gasteiger partial charge in [-0.3, -0.25) is 4.79 Å². The van der Waals surface area contributed by atoms with Crippen LogP contribution < -0.4 is 0 Å². The highest BCUT2D eigenvalue weighted by atomic mass is 16.6. The van der Waals surface area contributed by atoms with Crippen LogP contribution in [0.4, 0.5) is 4.79 Å². The number of hydrogen-bond donors (Lipinski definition) is 0. The summed E-state index contributed by atoms with van der Waals surface area (Å²) in [5, 5.41) is 0. The molecule has 0 aliphatic rings. The highest BCUT2D eigenvalue weighted by Gasteiger charge is 2.28. The maximum Gasteiger partial charge on any atom is 0.410 e. The topological polar surface area (TPSA) is 50.9 Å². The Kier molecular flexibility index (Phi) is 6.92. The van der Waals surface area contributed by atoms with Crippen LogP contribution in [0.15, 0.2) is 30.3 Å². The summed E-state index contributed by atoms with van der Waals surface area (Å²) in [7, 11) is 1.72. The van der Waals surface area contributed by atoms with E-state index in [-0.39, 0.29) is 24.7 Å². The molecule has 0 heterocycles. The molecule has 1 atom stereocenters. The molecule has 0 saturated carbocycles. The van der Waals surface area contributed by atoms with Crippen LogP contribution in [0.25, 0.3) is 0 Å². The van der Waals surface area contributed by atoms with Gasteiger partial charge in [-0.1, -0.05) is 51.1 Å². The first-order valence-corrected chi connectivity index (χ1v) is 7.42. The molecule has 4 nitrogen and oxygen atoms in total. The fourth-order valence-electron chi connectivity index (χ4n) is 2.16. The fourth-order valence-corrected chi connectivity index (χ4v) is 2.16. The summed E-state index contributed by atoms with van der Waals surface area (Å²) in [5.41, 5.74) is 0.961. The summed E-state index contributed by atoms with van der Waals surface area (Å²) in [6, 6.07) is 9.53. The van der Waals surface area contributed by atoms with E-state index in [2.05, 4.69) is 0 Å². The zero-order valence-corrected chi connectivity index (χ0v) is 13.4. The molecule has 0 bridgehead atoms. The summed E-state index contributed by atoms with van der Waals surface area (Å²) in [6.45, 7) is 6.24. The van der Waals surface area contributed by atoms with Gasteiger partial charge in [-0.15, -0.1) is 0 Å². The van der Waals surface area contributed by atoms with E-state index in [1.165, 1.54) is 0 Å². The first-order chi connectivity index (χ1) is 9.95. The maximum atomic E-state index is 12.1. The van der Waals surface area contributed by atoms with Gasteiger partial charge in [-0.25, -0.2) is 4.79 Å². The minimum absolute atomic E-state index is 0.0618. The molecule has 1 aromatic rings. The van der Waals surface area contributed by atoms with E-state index in [0.29, 0.717) is 18.6 Å². The van der Waals surface area contributed by atoms with Gasteiger partial charge in [-0.05, 0) is 11.5 Å². The second kappa shape index (κ2) is 8.45. The molecular weight excluding hydrogens is 266 g/mol. The summed E-state index contributed by atoms with van der Waals surface area (Å²) < 4.78 is 5.33. The molecule has 0 aromatic heterocycles. The average molecular weight is 292 g/mol. The van der Waals surface area contributed by atoms with Crippen molar-refractivity contribution < 1.29 is 14.3 Å². The normalized spacial score (nSPS) is 12.0. The number of ether oxygens (including phenoxy) is 1. The number of ketones is 1. The lowest BCUT2D eigenvalue weighted by Gasteiger charge is -2.29. The van der Waals surface area contributed by atoms with E-state index in [1.54, 1.807) is 11.9 Å². The van der Waals surface area contributed by atoms with Crippen LogP contribution in [0.5, 0.6) is 0 Å². The molecule has 0 saturated heterocycles. The molecule has 0 aliphatic heterocycles. The van der Waals surface area contributed by atoms with Crippen LogP contribution in [0.1, 0.15) is 39.2 Å². The summed E-state index contributed by atoms with van der Waals surface area (Å²) >= 11 is 0. The van der Waals surface area contributed by atoms with Crippen molar-refractivity contribution in [1.29, 1.82) is 0 Å². The van der Waals surface area contributed by atoms with Crippen molar-refractivity contribution in [3.8, 4) is 0 Å². The van der Waals surface area contributed by atoms with Gasteiger partial charge in [0.15, 0.2) is 0 Å². The van der Waals surface area contributed by atoms with Crippen LogP contribution in [0.2, 0.25) is 0 Å². The zero-order valence-electron chi connectivity index (χ0n) is 13.4. The smallest absolute Gasteiger partial charge is 0.410 e. The minimum atomic E-state index is -0.360. The summed E-state index contributed by atoms with van der Waals surface area (Å²) in [6.07, 6.45) is 0.739. The number of benzene rings is 1. The van der Waals surface area contributed by atoms with E-state index in [9.17, 15) is 9.59 Å². The van der Waals surface area contributed by atoms with Crippen LogP contribution in [0, 0.1) is 5.92 Å². The van der Waals surface area contributed by atoms with Crippen molar-refractivity contribution in [2.75, 3.05) is 7.05 Å². The Morgan fingerprint density at radius 3 is 2.43 bits per heavy atom. The number of carbonyl (C=O) groups is 1. The van der Waals surface area contributed by atoms with E-state index in [4.69, 9.17) is 4.74 Å². The highest BCUT2D eigenvalue weighted by molar-refractivity contribution is 5.80. The third-order valence-corrected chi connectivity index (χ3v) is 3.61. The molecule has 1 aromatic carbocycles. The Morgan fingerprint density at radius 2 is 1.90 bits per heavy atom. The molecule has 0 unspecified atom stereocenters. The number of carbonyl (C=O) groups excluding carboxylic acids is 2. The number of amides is 1. The highest BCUT2D eigenvalue weighted by Crippen LogP contribution is 2.16. The van der Waals surface area contributed by atoms with Gasteiger partial charge >= 0.3 is 6.09 Å². The molecule has 1 amide bonds. The first-order valence-electron chi connectivity index (χ1n) is 7.42. The molecule has 21 heavy (non-hydrogen) atoms. The van der Waals surface area contributed by atoms with Crippen molar-refractivity contribution in [3.63, 3.8) is 0 Å². The van der Waals surface area contributed by atoms with Crippen molar-refractivity contribution in [2.45, 2.75) is 46.3 Å². The van der Waals surface area contributed by atoms with Crippen LogP contribution >= 0.6 is 0 Å². The lowest BCUT2D eigenvalue weighted by Crippen LogP contribution is -2.42. The van der Waals surface area contributed by atoms with Gasteiger partial charge in [0.2, 0.25) is 0 Å². The first kappa shape index (κ1) is 17.2. The summed E-state index contributed by atoms with van der Waals surface area (Å²) in [5.74, 6) is 0.657. The van der Waals surface area contributed by atoms with Crippen LogP contribution in [-0.2, 0) is 11.3 Å². The molecule has 1 rings (SSSR count). The Balaban J connectivity index is 2.59. The predicted octanol–water partition coefficient (Wildman–Crippen LogP) is 3.62. The van der Waals surface area contributed by atoms with Gasteiger partial charge in [-0.2, -0.15) is 0 Å². The van der Waals surface area contributed by atoms with E-state index in [1.807, 2.05) is 51.1 Å². The Morgan fingerprint density at radius 1 is 1.29 bits per heavy atom. The Bertz CT molecular complexity index is 456. The molecule has 0 fully saturated rings. The van der Waals surface area contributed by atoms with Crippen LogP contribution in [-0.4, -0.2) is 34.7 Å². The van der Waals surface area contributed by atoms with Crippen LogP contribution in [0.3, 0.4) is 0 Å². The molecular formula is C17H26NO3+. The largest absolute Gasteiger partial charge is 0.445 e. The minimum Gasteiger partial charge on any atom is -0.445 e. The Labute approximate surface area is 127 Å². The zero-order chi connectivity index (χ0) is 15.8. The predicted molar refractivity (Wildman–Crippen MR) is 84.9 cm³/mol. The molecule has 0 aliphatic carbocycles. The standard InChI is InChI=1S/C17H25NO3/c1-5-15(19)11-16(13(2)3)18(4)17(20)21-12-14-9-7-6-8-10-14/h6-10,13,16H,5,11-12H2,1-4H3/p+1/t16-/m1/s1. The van der Waals surface area contributed by atoms with Gasteiger partial charge in [0, 0.05) is 13.1 Å². The quantitative estimate of drug-likeness (QED) is 0.721. The molecule has 1 N–H and O–H groups in total. The number of nitrogens with zero attached hydrogens (tertiary/aromatic N) is 1. The van der Waals surface area contributed by atoms with Crippen molar-refractivity contribution >= 4 is 11.9 Å². The van der Waals surface area contributed by atoms with Crippen molar-refractivity contribution in [1.82, 2.24) is 4.90 Å². The average Bonchev–Trinajstić information content (AvgIpc) is 2.49. The fraction of sp³-hybridized carbons (Fsp3) is 0.529. The maximum absolute atomic E-state index is 12.1. The third-order valence-electron chi connectivity index (χ3n) is 3.61. The second-order valence-corrected chi connectivity index (χ2v) is 5.59. The SMILES string of the molecule is CCC(=[OH+])C[C@H](C(C)C)N(C)C(=O)OCc1ccccc1. The van der Waals surface area contributed by atoms with E-state index >= 15 is 0 Å². The van der Waals surface area contributed by atoms with Gasteiger partial charge in [0.1, 0.15) is 6.61 Å². The van der Waals surface area contributed by atoms with Crippen molar-refractivity contribution in [3.05, 3.63) is 35.9 Å². The van der Waals surface area contributed by atoms with E-state index < -0.39 is 0 Å². The monoisotopic (exact) mass is 292 g/mol. The molecule has 4 heteroatoms. The Hall–Kier alpha value is -1.84. The van der Waals surface area contributed by atoms with Gasteiger partial charge in [0.05, 0.1) is 12.8 Å². The number of rotatable bonds is 7. The number of hydrogen-bond acceptors (Lipinski definition) is 2. The summed E-state index contributed by atoms with van der Waals surface area (Å²) in [4.78, 5) is 23.5. The van der Waals surface area contributed by atoms with Crippen molar-refractivity contribution in [2.24, 2.45) is 5.92 Å². The molecule has 0 radical (unpaired) electrons. The lowest BCUT2D eigenvalue weighted by molar-refractivity contribution is 0.0832. The lowest BCUT2D eigenvalue weighted by atomic mass is 9.97. The van der Waals surface area contributed by atoms with Gasteiger partial charge < -0.3 is 9.64 Å². The van der Waals surface area contributed by atoms with E-state index in [0.717, 1.165) is 5.56 Å². The molecule has 0 spiro atoms. The third kappa shape index (κ3) is 5.58.